The van der Waals surface area contributed by atoms with E-state index in [1.165, 1.54) is 11.1 Å². The third-order valence-electron chi connectivity index (χ3n) is 6.50. The first kappa shape index (κ1) is 25.6. The lowest BCUT2D eigenvalue weighted by atomic mass is 10.1. The third kappa shape index (κ3) is 5.82. The minimum absolute atomic E-state index is 0.00449. The number of halogens is 1. The van der Waals surface area contributed by atoms with E-state index < -0.39 is 0 Å². The van der Waals surface area contributed by atoms with E-state index in [1.54, 1.807) is 14.2 Å². The maximum Gasteiger partial charge on any atom is 0.221 e. The quantitative estimate of drug-likeness (QED) is 0.302. The van der Waals surface area contributed by atoms with Crippen molar-refractivity contribution in [2.45, 2.75) is 39.7 Å². The zero-order valence-electron chi connectivity index (χ0n) is 21.2. The second-order valence-corrected chi connectivity index (χ2v) is 9.32. The van der Waals surface area contributed by atoms with Crippen LogP contribution in [0.5, 0.6) is 11.5 Å². The molecule has 1 amide bonds. The lowest BCUT2D eigenvalue weighted by Crippen LogP contribution is -2.26. The Morgan fingerprint density at radius 3 is 2.50 bits per heavy atom. The molecule has 1 N–H and O–H groups in total. The molecule has 36 heavy (non-hydrogen) atoms. The summed E-state index contributed by atoms with van der Waals surface area (Å²) in [4.78, 5) is 17.6. The summed E-state index contributed by atoms with van der Waals surface area (Å²) in [5.74, 6) is 2.28. The lowest BCUT2D eigenvalue weighted by molar-refractivity contribution is -0.121. The predicted molar refractivity (Wildman–Crippen MR) is 144 cm³/mol. The van der Waals surface area contributed by atoms with Crippen molar-refractivity contribution in [1.29, 1.82) is 0 Å². The van der Waals surface area contributed by atoms with Crippen molar-refractivity contribution in [3.63, 3.8) is 0 Å². The Morgan fingerprint density at radius 1 is 1.00 bits per heavy atom. The van der Waals surface area contributed by atoms with Crippen LogP contribution in [0.25, 0.3) is 11.0 Å². The number of nitrogens with zero attached hydrogens (tertiary/aromatic N) is 2. The number of hydrogen-bond donors (Lipinski definition) is 1. The topological polar surface area (TPSA) is 65.4 Å². The number of nitrogens with one attached hydrogen (secondary N) is 1. The van der Waals surface area contributed by atoms with Gasteiger partial charge in [0.15, 0.2) is 11.5 Å². The molecule has 0 aliphatic carbocycles. The summed E-state index contributed by atoms with van der Waals surface area (Å²) < 4.78 is 12.8. The van der Waals surface area contributed by atoms with Crippen molar-refractivity contribution in [3.8, 4) is 11.5 Å². The number of carbonyl (C=O) groups excluding carboxylic acids is 1. The van der Waals surface area contributed by atoms with Gasteiger partial charge in [0.2, 0.25) is 5.91 Å². The standard InChI is InChI=1S/C29H32ClN3O3/c1-19-15-24-25(16-20(19)2)33(28(32-24)18-22-7-5-6-8-23(22)30)14-12-29(34)31-13-11-21-9-10-26(35-3)27(17-21)36-4/h5-10,15-17H,11-14,18H2,1-4H3,(H,31,34). The second kappa shape index (κ2) is 11.5. The molecule has 0 saturated carbocycles. The fourth-order valence-electron chi connectivity index (χ4n) is 4.31. The van der Waals surface area contributed by atoms with Crippen molar-refractivity contribution in [2.24, 2.45) is 0 Å². The zero-order chi connectivity index (χ0) is 25.7. The van der Waals surface area contributed by atoms with E-state index in [2.05, 4.69) is 35.9 Å². The fraction of sp³-hybridized carbons (Fsp3) is 0.310. The van der Waals surface area contributed by atoms with E-state index in [1.807, 2.05) is 42.5 Å². The highest BCUT2D eigenvalue weighted by molar-refractivity contribution is 6.31. The average molecular weight is 506 g/mol. The highest BCUT2D eigenvalue weighted by Gasteiger charge is 2.15. The van der Waals surface area contributed by atoms with Gasteiger partial charge >= 0.3 is 0 Å². The average Bonchev–Trinajstić information content (AvgIpc) is 3.19. The number of carbonyl (C=O) groups is 1. The van der Waals surface area contributed by atoms with Crippen LogP contribution in [0.3, 0.4) is 0 Å². The van der Waals surface area contributed by atoms with Crippen LogP contribution >= 0.6 is 11.6 Å². The first-order valence-electron chi connectivity index (χ1n) is 12.1. The highest BCUT2D eigenvalue weighted by atomic mass is 35.5. The molecular weight excluding hydrogens is 474 g/mol. The highest BCUT2D eigenvalue weighted by Crippen LogP contribution is 2.28. The molecule has 3 aromatic carbocycles. The van der Waals surface area contributed by atoms with E-state index in [0.717, 1.165) is 33.0 Å². The molecule has 4 rings (SSSR count). The molecule has 0 bridgehead atoms. The maximum atomic E-state index is 12.7. The molecule has 0 fully saturated rings. The Labute approximate surface area is 217 Å². The Bertz CT molecular complexity index is 1380. The summed E-state index contributed by atoms with van der Waals surface area (Å²) in [5, 5.41) is 3.76. The number of methoxy groups -OCH3 is 2. The van der Waals surface area contributed by atoms with Gasteiger partial charge in [-0.3, -0.25) is 4.79 Å². The van der Waals surface area contributed by atoms with Crippen LogP contribution in [0.15, 0.2) is 54.6 Å². The first-order valence-corrected chi connectivity index (χ1v) is 12.4. The van der Waals surface area contributed by atoms with Gasteiger partial charge in [-0.05, 0) is 72.9 Å². The van der Waals surface area contributed by atoms with Gasteiger partial charge in [-0.25, -0.2) is 4.98 Å². The number of ether oxygens (including phenoxy) is 2. The summed E-state index contributed by atoms with van der Waals surface area (Å²) in [6, 6.07) is 17.9. The molecule has 0 aliphatic heterocycles. The van der Waals surface area contributed by atoms with E-state index in [9.17, 15) is 4.79 Å². The van der Waals surface area contributed by atoms with Crippen LogP contribution in [-0.2, 0) is 24.2 Å². The molecule has 188 valence electrons. The number of benzene rings is 3. The van der Waals surface area contributed by atoms with E-state index in [0.29, 0.717) is 43.9 Å². The Hall–Kier alpha value is -3.51. The zero-order valence-corrected chi connectivity index (χ0v) is 22.0. The van der Waals surface area contributed by atoms with E-state index >= 15 is 0 Å². The monoisotopic (exact) mass is 505 g/mol. The summed E-state index contributed by atoms with van der Waals surface area (Å²) in [5.41, 5.74) is 6.47. The Balaban J connectivity index is 1.45. The number of imidazole rings is 1. The number of amides is 1. The number of rotatable bonds is 10. The number of fused-ring (bicyclic) bond motifs is 1. The molecule has 0 atom stereocenters. The normalized spacial score (nSPS) is 11.0. The molecule has 7 heteroatoms. The number of aryl methyl sites for hydroxylation is 3. The molecule has 0 aliphatic rings. The van der Waals surface area contributed by atoms with Crippen LogP contribution in [0.2, 0.25) is 5.02 Å². The predicted octanol–water partition coefficient (Wildman–Crippen LogP) is 5.66. The summed E-state index contributed by atoms with van der Waals surface area (Å²) in [6.07, 6.45) is 1.67. The second-order valence-electron chi connectivity index (χ2n) is 8.91. The van der Waals surface area contributed by atoms with Gasteiger partial charge in [-0.15, -0.1) is 0 Å². The van der Waals surface area contributed by atoms with Crippen molar-refractivity contribution in [3.05, 3.63) is 87.7 Å². The molecule has 1 aromatic heterocycles. The number of hydrogen-bond acceptors (Lipinski definition) is 4. The van der Waals surface area contributed by atoms with Gasteiger partial charge in [0.1, 0.15) is 5.82 Å². The maximum absolute atomic E-state index is 12.7. The molecule has 4 aromatic rings. The molecule has 1 heterocycles. The summed E-state index contributed by atoms with van der Waals surface area (Å²) in [7, 11) is 3.23. The molecule has 0 spiro atoms. The minimum atomic E-state index is 0.00449. The Kier molecular flexibility index (Phi) is 8.16. The minimum Gasteiger partial charge on any atom is -0.493 e. The Morgan fingerprint density at radius 2 is 1.75 bits per heavy atom. The van der Waals surface area contributed by atoms with Crippen molar-refractivity contribution >= 4 is 28.5 Å². The van der Waals surface area contributed by atoms with Crippen molar-refractivity contribution in [1.82, 2.24) is 14.9 Å². The smallest absolute Gasteiger partial charge is 0.221 e. The van der Waals surface area contributed by atoms with Crippen LogP contribution in [-0.4, -0.2) is 36.2 Å². The fourth-order valence-corrected chi connectivity index (χ4v) is 4.51. The molecule has 0 saturated heterocycles. The van der Waals surface area contributed by atoms with Crippen LogP contribution in [0, 0.1) is 13.8 Å². The molecule has 0 unspecified atom stereocenters. The van der Waals surface area contributed by atoms with Crippen molar-refractivity contribution in [2.75, 3.05) is 20.8 Å². The van der Waals surface area contributed by atoms with Gasteiger partial charge < -0.3 is 19.4 Å². The lowest BCUT2D eigenvalue weighted by Gasteiger charge is -2.12. The molecule has 0 radical (unpaired) electrons. The van der Waals surface area contributed by atoms with Gasteiger partial charge in [-0.1, -0.05) is 35.9 Å². The molecule has 6 nitrogen and oxygen atoms in total. The van der Waals surface area contributed by atoms with Crippen LogP contribution < -0.4 is 14.8 Å². The largest absolute Gasteiger partial charge is 0.493 e. The van der Waals surface area contributed by atoms with Gasteiger partial charge in [-0.2, -0.15) is 0 Å². The van der Waals surface area contributed by atoms with Gasteiger partial charge in [0.05, 0.1) is 25.3 Å². The summed E-state index contributed by atoms with van der Waals surface area (Å²) in [6.45, 7) is 5.28. The van der Waals surface area contributed by atoms with E-state index in [4.69, 9.17) is 26.1 Å². The third-order valence-corrected chi connectivity index (χ3v) is 6.86. The molecular formula is C29H32ClN3O3. The van der Waals surface area contributed by atoms with Gasteiger partial charge in [0.25, 0.3) is 0 Å². The summed E-state index contributed by atoms with van der Waals surface area (Å²) >= 11 is 6.43. The van der Waals surface area contributed by atoms with Crippen LogP contribution in [0.1, 0.15) is 34.5 Å². The SMILES string of the molecule is COc1ccc(CCNC(=O)CCn2c(Cc3ccccc3Cl)nc3cc(C)c(C)cc32)cc1OC. The number of aromatic nitrogens is 2. The van der Waals surface area contributed by atoms with Crippen LogP contribution in [0.4, 0.5) is 0 Å². The first-order chi connectivity index (χ1) is 17.4. The van der Waals surface area contributed by atoms with E-state index in [-0.39, 0.29) is 5.91 Å². The van der Waals surface area contributed by atoms with Crippen molar-refractivity contribution < 1.29 is 14.3 Å². The van der Waals surface area contributed by atoms with Gasteiger partial charge in [0, 0.05) is 31.0 Å².